The van der Waals surface area contributed by atoms with E-state index in [1.165, 1.54) is 34.0 Å². The molecule has 0 atom stereocenters. The van der Waals surface area contributed by atoms with Gasteiger partial charge in [-0.3, -0.25) is 0 Å². The molecule has 184 valence electrons. The van der Waals surface area contributed by atoms with Crippen LogP contribution >= 0.6 is 0 Å². The van der Waals surface area contributed by atoms with Crippen LogP contribution in [0.3, 0.4) is 0 Å². The van der Waals surface area contributed by atoms with Gasteiger partial charge >= 0.3 is 6.18 Å². The Bertz CT molecular complexity index is 1710. The Morgan fingerprint density at radius 3 is 1.21 bits per heavy atom. The van der Waals surface area contributed by atoms with Crippen molar-refractivity contribution >= 4 is 10.8 Å². The third-order valence-corrected chi connectivity index (χ3v) is 6.93. The molecule has 38 heavy (non-hydrogen) atoms. The number of benzene rings is 6. The third-order valence-electron chi connectivity index (χ3n) is 6.93. The first-order valence-corrected chi connectivity index (χ1v) is 12.4. The number of rotatable bonds is 4. The second-order valence-corrected chi connectivity index (χ2v) is 9.37. The summed E-state index contributed by atoms with van der Waals surface area (Å²) in [5.41, 5.74) is 7.76. The van der Waals surface area contributed by atoms with E-state index in [2.05, 4.69) is 84.9 Å². The van der Waals surface area contributed by atoms with E-state index >= 15 is 0 Å². The van der Waals surface area contributed by atoms with Crippen molar-refractivity contribution in [2.24, 2.45) is 0 Å². The average Bonchev–Trinajstić information content (AvgIpc) is 2.97. The van der Waals surface area contributed by atoms with Gasteiger partial charge in [0.1, 0.15) is 0 Å². The third kappa shape index (κ3) is 4.83. The summed E-state index contributed by atoms with van der Waals surface area (Å²) in [6.07, 6.45) is -4.33. The van der Waals surface area contributed by atoms with Crippen molar-refractivity contribution in [3.8, 4) is 44.5 Å². The minimum absolute atomic E-state index is 0.639. The summed E-state index contributed by atoms with van der Waals surface area (Å²) >= 11 is 0. The maximum Gasteiger partial charge on any atom is 0.416 e. The van der Waals surface area contributed by atoms with Crippen molar-refractivity contribution in [1.29, 1.82) is 0 Å². The molecule has 0 heterocycles. The van der Waals surface area contributed by atoms with Crippen molar-refractivity contribution in [3.05, 3.63) is 145 Å². The molecule has 0 saturated heterocycles. The number of hydrogen-bond donors (Lipinski definition) is 0. The smallest absolute Gasteiger partial charge is 0.166 e. The molecule has 0 aliphatic carbocycles. The lowest BCUT2D eigenvalue weighted by Gasteiger charge is -2.10. The molecule has 0 spiro atoms. The summed E-state index contributed by atoms with van der Waals surface area (Å²) < 4.78 is 38.6. The molecule has 3 heteroatoms. The molecule has 6 rings (SSSR count). The lowest BCUT2D eigenvalue weighted by atomic mass is 9.95. The van der Waals surface area contributed by atoms with Crippen LogP contribution in [0, 0.1) is 0 Å². The summed E-state index contributed by atoms with van der Waals surface area (Å²) in [4.78, 5) is 0. The summed E-state index contributed by atoms with van der Waals surface area (Å²) in [5, 5.41) is 2.46. The van der Waals surface area contributed by atoms with E-state index < -0.39 is 11.7 Å². The molecular formula is C35H23F3. The number of halogens is 3. The first-order valence-electron chi connectivity index (χ1n) is 12.4. The first kappa shape index (κ1) is 23.7. The quantitative estimate of drug-likeness (QED) is 0.226. The van der Waals surface area contributed by atoms with Crippen molar-refractivity contribution in [3.63, 3.8) is 0 Å². The van der Waals surface area contributed by atoms with Crippen LogP contribution in [0.4, 0.5) is 13.2 Å². The monoisotopic (exact) mass is 500 g/mol. The molecule has 0 nitrogen and oxygen atoms in total. The molecule has 0 aliphatic heterocycles. The van der Waals surface area contributed by atoms with Gasteiger partial charge in [-0.05, 0) is 79.5 Å². The van der Waals surface area contributed by atoms with Gasteiger partial charge in [-0.2, -0.15) is 13.2 Å². The molecule has 6 aromatic carbocycles. The molecule has 0 radical (unpaired) electrons. The van der Waals surface area contributed by atoms with E-state index in [9.17, 15) is 13.2 Å². The lowest BCUT2D eigenvalue weighted by molar-refractivity contribution is -0.137. The summed E-state index contributed by atoms with van der Waals surface area (Å²) in [7, 11) is 0. The van der Waals surface area contributed by atoms with E-state index in [1.807, 2.05) is 30.3 Å². The minimum Gasteiger partial charge on any atom is -0.166 e. The van der Waals surface area contributed by atoms with E-state index in [-0.39, 0.29) is 0 Å². The van der Waals surface area contributed by atoms with Gasteiger partial charge in [0.25, 0.3) is 0 Å². The van der Waals surface area contributed by atoms with Gasteiger partial charge in [0.05, 0.1) is 5.56 Å². The Labute approximate surface area is 219 Å². The van der Waals surface area contributed by atoms with Crippen LogP contribution < -0.4 is 0 Å². The Hall–Kier alpha value is -4.63. The molecule has 0 fully saturated rings. The fraction of sp³-hybridized carbons (Fsp3) is 0.0286. The summed E-state index contributed by atoms with van der Waals surface area (Å²) in [6, 6.07) is 45.1. The van der Waals surface area contributed by atoms with Gasteiger partial charge in [0.2, 0.25) is 0 Å². The predicted octanol–water partition coefficient (Wildman–Crippen LogP) is 10.5. The lowest BCUT2D eigenvalue weighted by Crippen LogP contribution is -2.03. The van der Waals surface area contributed by atoms with Crippen molar-refractivity contribution < 1.29 is 13.2 Å². The van der Waals surface area contributed by atoms with Crippen LogP contribution in [-0.2, 0) is 6.18 Å². The largest absolute Gasteiger partial charge is 0.416 e. The molecule has 0 bridgehead atoms. The van der Waals surface area contributed by atoms with Gasteiger partial charge in [-0.1, -0.05) is 115 Å². The Morgan fingerprint density at radius 1 is 0.316 bits per heavy atom. The van der Waals surface area contributed by atoms with E-state index in [0.29, 0.717) is 0 Å². The van der Waals surface area contributed by atoms with Crippen molar-refractivity contribution in [2.75, 3.05) is 0 Å². The van der Waals surface area contributed by atoms with Crippen LogP contribution in [0.2, 0.25) is 0 Å². The maximum atomic E-state index is 12.9. The van der Waals surface area contributed by atoms with E-state index in [0.717, 1.165) is 45.5 Å². The second kappa shape index (κ2) is 9.68. The molecular weight excluding hydrogens is 477 g/mol. The first-order chi connectivity index (χ1) is 18.4. The molecule has 0 amide bonds. The highest BCUT2D eigenvalue weighted by Gasteiger charge is 2.29. The van der Waals surface area contributed by atoms with Gasteiger partial charge in [-0.25, -0.2) is 0 Å². The zero-order valence-electron chi connectivity index (χ0n) is 20.4. The molecule has 0 saturated carbocycles. The zero-order valence-corrected chi connectivity index (χ0v) is 20.4. The predicted molar refractivity (Wildman–Crippen MR) is 151 cm³/mol. The van der Waals surface area contributed by atoms with Crippen LogP contribution in [0.25, 0.3) is 55.3 Å². The SMILES string of the molecule is FC(F)(F)c1ccc(-c2ccc(-c3cccc(-c4ccc(-c5ccc6ccccc6c5)cc4)c3)cc2)cc1. The number of alkyl halides is 3. The summed E-state index contributed by atoms with van der Waals surface area (Å²) in [5.74, 6) is 0. The second-order valence-electron chi connectivity index (χ2n) is 9.37. The van der Waals surface area contributed by atoms with Crippen LogP contribution in [0.1, 0.15) is 5.56 Å². The van der Waals surface area contributed by atoms with Crippen molar-refractivity contribution in [2.45, 2.75) is 6.18 Å². The normalized spacial score (nSPS) is 11.6. The highest BCUT2D eigenvalue weighted by molar-refractivity contribution is 5.87. The highest BCUT2D eigenvalue weighted by Crippen LogP contribution is 2.33. The molecule has 6 aromatic rings. The topological polar surface area (TPSA) is 0 Å². The summed E-state index contributed by atoms with van der Waals surface area (Å²) in [6.45, 7) is 0. The number of fused-ring (bicyclic) bond motifs is 1. The maximum absolute atomic E-state index is 12.9. The number of hydrogen-bond acceptors (Lipinski definition) is 0. The molecule has 0 aromatic heterocycles. The highest BCUT2D eigenvalue weighted by atomic mass is 19.4. The van der Waals surface area contributed by atoms with Gasteiger partial charge in [0, 0.05) is 0 Å². The van der Waals surface area contributed by atoms with Crippen LogP contribution in [0.15, 0.2) is 140 Å². The zero-order chi connectivity index (χ0) is 26.1. The van der Waals surface area contributed by atoms with E-state index in [1.54, 1.807) is 0 Å². The fourth-order valence-corrected chi connectivity index (χ4v) is 4.81. The molecule has 0 unspecified atom stereocenters. The standard InChI is InChI=1S/C35H23F3/c36-35(37,38)34-20-18-26(19-21-34)25-8-10-27(11-9-25)31-6-3-7-32(22-31)28-12-14-29(15-13-28)33-17-16-24-4-1-2-5-30(24)23-33/h1-23H. The average molecular weight is 501 g/mol. The van der Waals surface area contributed by atoms with Gasteiger partial charge in [0.15, 0.2) is 0 Å². The van der Waals surface area contributed by atoms with E-state index in [4.69, 9.17) is 0 Å². The van der Waals surface area contributed by atoms with Gasteiger partial charge < -0.3 is 0 Å². The molecule has 0 N–H and O–H groups in total. The Kier molecular flexibility index (Phi) is 6.05. The van der Waals surface area contributed by atoms with Crippen LogP contribution in [0.5, 0.6) is 0 Å². The Morgan fingerprint density at radius 2 is 0.711 bits per heavy atom. The molecule has 0 aliphatic rings. The fourth-order valence-electron chi connectivity index (χ4n) is 4.81. The van der Waals surface area contributed by atoms with Gasteiger partial charge in [-0.15, -0.1) is 0 Å². The van der Waals surface area contributed by atoms with Crippen LogP contribution in [-0.4, -0.2) is 0 Å². The van der Waals surface area contributed by atoms with Crippen molar-refractivity contribution in [1.82, 2.24) is 0 Å². The Balaban J connectivity index is 1.23. The minimum atomic E-state index is -4.33.